The second kappa shape index (κ2) is 7.19. The first-order valence-electron chi connectivity index (χ1n) is 9.62. The van der Waals surface area contributed by atoms with E-state index in [1.807, 2.05) is 43.4 Å². The van der Waals surface area contributed by atoms with Crippen molar-refractivity contribution in [3.05, 3.63) is 59.9 Å². The molecule has 2 heterocycles. The Labute approximate surface area is 165 Å². The molecule has 0 saturated heterocycles. The predicted molar refractivity (Wildman–Crippen MR) is 113 cm³/mol. The lowest BCUT2D eigenvalue weighted by Gasteiger charge is -2.38. The van der Waals surface area contributed by atoms with Gasteiger partial charge in [0.1, 0.15) is 17.2 Å². The highest BCUT2D eigenvalue weighted by molar-refractivity contribution is 5.80. The van der Waals surface area contributed by atoms with E-state index in [0.29, 0.717) is 6.54 Å². The summed E-state index contributed by atoms with van der Waals surface area (Å²) in [4.78, 5) is 9.14. The average Bonchev–Trinajstić information content (AvgIpc) is 3.00. The van der Waals surface area contributed by atoms with Crippen LogP contribution in [0.1, 0.15) is 37.7 Å². The number of para-hydroxylation sites is 3. The molecular formula is C22H27N5O. The van der Waals surface area contributed by atoms with Gasteiger partial charge in [-0.2, -0.15) is 0 Å². The number of hydrogen-bond donors (Lipinski definition) is 2. The number of guanidine groups is 1. The number of aromatic nitrogens is 2. The Morgan fingerprint density at radius 1 is 1.21 bits per heavy atom. The van der Waals surface area contributed by atoms with Gasteiger partial charge in [0.05, 0.1) is 23.6 Å². The Kier molecular flexibility index (Phi) is 4.71. The Morgan fingerprint density at radius 3 is 2.75 bits per heavy atom. The van der Waals surface area contributed by atoms with Gasteiger partial charge < -0.3 is 19.9 Å². The van der Waals surface area contributed by atoms with Crippen molar-refractivity contribution >= 4 is 17.0 Å². The van der Waals surface area contributed by atoms with Crippen molar-refractivity contribution in [2.45, 2.75) is 38.5 Å². The van der Waals surface area contributed by atoms with Crippen LogP contribution in [0.4, 0.5) is 0 Å². The summed E-state index contributed by atoms with van der Waals surface area (Å²) in [7, 11) is 3.83. The molecular weight excluding hydrogens is 350 g/mol. The third-order valence-electron chi connectivity index (χ3n) is 5.20. The number of benzene rings is 2. The topological polar surface area (TPSA) is 63.5 Å². The number of hydrogen-bond acceptors (Lipinski definition) is 3. The van der Waals surface area contributed by atoms with E-state index in [4.69, 9.17) is 9.72 Å². The normalized spacial score (nSPS) is 18.4. The zero-order valence-corrected chi connectivity index (χ0v) is 16.9. The van der Waals surface area contributed by atoms with Crippen LogP contribution in [0.25, 0.3) is 11.0 Å². The predicted octanol–water partition coefficient (Wildman–Crippen LogP) is 3.54. The molecule has 0 spiro atoms. The molecule has 4 rings (SSSR count). The first kappa shape index (κ1) is 18.3. The second-order valence-corrected chi connectivity index (χ2v) is 7.80. The van der Waals surface area contributed by atoms with E-state index in [-0.39, 0.29) is 11.6 Å². The van der Waals surface area contributed by atoms with Crippen molar-refractivity contribution < 1.29 is 4.74 Å². The van der Waals surface area contributed by atoms with Gasteiger partial charge >= 0.3 is 0 Å². The summed E-state index contributed by atoms with van der Waals surface area (Å²) in [5.74, 6) is 2.66. The van der Waals surface area contributed by atoms with Crippen molar-refractivity contribution in [2.24, 2.45) is 12.0 Å². The smallest absolute Gasteiger partial charge is 0.191 e. The molecule has 1 unspecified atom stereocenters. The molecule has 0 bridgehead atoms. The molecule has 3 aromatic rings. The third-order valence-corrected chi connectivity index (χ3v) is 5.20. The van der Waals surface area contributed by atoms with E-state index < -0.39 is 0 Å². The molecule has 1 aromatic heterocycles. The van der Waals surface area contributed by atoms with Crippen molar-refractivity contribution in [2.75, 3.05) is 7.05 Å². The third kappa shape index (κ3) is 3.54. The van der Waals surface area contributed by atoms with Crippen molar-refractivity contribution in [1.29, 1.82) is 0 Å². The van der Waals surface area contributed by atoms with E-state index in [1.165, 1.54) is 0 Å². The summed E-state index contributed by atoms with van der Waals surface area (Å²) in [6.45, 7) is 4.83. The number of aryl methyl sites for hydroxylation is 1. The minimum Gasteiger partial charge on any atom is -0.487 e. The van der Waals surface area contributed by atoms with Crippen molar-refractivity contribution in [1.82, 2.24) is 20.2 Å². The highest BCUT2D eigenvalue weighted by atomic mass is 16.5. The van der Waals surface area contributed by atoms with Crippen molar-refractivity contribution in [3.8, 4) is 5.75 Å². The number of nitrogens with one attached hydrogen (secondary N) is 2. The summed E-state index contributed by atoms with van der Waals surface area (Å²) in [5, 5.41) is 6.97. The van der Waals surface area contributed by atoms with E-state index in [2.05, 4.69) is 46.2 Å². The van der Waals surface area contributed by atoms with Crippen LogP contribution < -0.4 is 15.4 Å². The molecule has 0 aliphatic carbocycles. The Morgan fingerprint density at radius 2 is 1.96 bits per heavy atom. The minimum atomic E-state index is -0.234. The summed E-state index contributed by atoms with van der Waals surface area (Å²) in [6.07, 6.45) is 0.858. The van der Waals surface area contributed by atoms with Crippen LogP contribution in [0.3, 0.4) is 0 Å². The number of rotatable bonds is 3. The van der Waals surface area contributed by atoms with E-state index in [9.17, 15) is 0 Å². The highest BCUT2D eigenvalue weighted by Crippen LogP contribution is 2.39. The van der Waals surface area contributed by atoms with Crippen LogP contribution in [0.5, 0.6) is 5.75 Å². The van der Waals surface area contributed by atoms with Gasteiger partial charge in [0.25, 0.3) is 0 Å². The highest BCUT2D eigenvalue weighted by Gasteiger charge is 2.33. The zero-order chi connectivity index (χ0) is 19.7. The fraction of sp³-hybridized carbons (Fsp3) is 0.364. The summed E-state index contributed by atoms with van der Waals surface area (Å²) in [6, 6.07) is 16.5. The van der Waals surface area contributed by atoms with E-state index >= 15 is 0 Å². The number of ether oxygens (including phenoxy) is 1. The van der Waals surface area contributed by atoms with Gasteiger partial charge in [-0.25, -0.2) is 4.98 Å². The zero-order valence-electron chi connectivity index (χ0n) is 16.9. The molecule has 0 amide bonds. The molecule has 6 heteroatoms. The Balaban J connectivity index is 1.50. The lowest BCUT2D eigenvalue weighted by molar-refractivity contribution is 0.0694. The Hall–Kier alpha value is -3.02. The van der Waals surface area contributed by atoms with Crippen LogP contribution in [0.2, 0.25) is 0 Å². The van der Waals surface area contributed by atoms with Crippen LogP contribution in [-0.4, -0.2) is 28.2 Å². The number of nitrogens with zero attached hydrogens (tertiary/aromatic N) is 3. The van der Waals surface area contributed by atoms with Gasteiger partial charge in [-0.3, -0.25) is 4.99 Å². The molecule has 2 aromatic carbocycles. The standard InChI is InChI=1S/C22H27N5O/c1-22(2)13-17(15-9-5-8-12-19(15)28-22)26-21(23-3)24-14-20-25-16-10-6-7-11-18(16)27(20)4/h5-12,17H,13-14H2,1-4H3,(H2,23,24,26). The van der Waals surface area contributed by atoms with Crippen molar-refractivity contribution in [3.63, 3.8) is 0 Å². The van der Waals surface area contributed by atoms with E-state index in [0.717, 1.165) is 40.6 Å². The molecule has 146 valence electrons. The van der Waals surface area contributed by atoms with Crippen LogP contribution in [0, 0.1) is 0 Å². The van der Waals surface area contributed by atoms with Gasteiger partial charge in [-0.15, -0.1) is 0 Å². The number of imidazole rings is 1. The van der Waals surface area contributed by atoms with Crippen LogP contribution in [-0.2, 0) is 13.6 Å². The Bertz CT molecular complexity index is 1020. The maximum atomic E-state index is 6.13. The van der Waals surface area contributed by atoms with E-state index in [1.54, 1.807) is 7.05 Å². The molecule has 28 heavy (non-hydrogen) atoms. The summed E-state index contributed by atoms with van der Waals surface area (Å²) < 4.78 is 8.24. The average molecular weight is 377 g/mol. The maximum absolute atomic E-state index is 6.13. The number of fused-ring (bicyclic) bond motifs is 2. The summed E-state index contributed by atoms with van der Waals surface area (Å²) in [5.41, 5.74) is 3.06. The van der Waals surface area contributed by atoms with Gasteiger partial charge in [-0.1, -0.05) is 30.3 Å². The molecule has 0 radical (unpaired) electrons. The molecule has 0 fully saturated rings. The van der Waals surface area contributed by atoms with Crippen LogP contribution in [0.15, 0.2) is 53.5 Å². The lowest BCUT2D eigenvalue weighted by Crippen LogP contribution is -2.45. The SMILES string of the molecule is CN=C(NCc1nc2ccccc2n1C)NC1CC(C)(C)Oc2ccccc21. The molecule has 0 saturated carbocycles. The van der Waals surface area contributed by atoms with Gasteiger partial charge in [-0.05, 0) is 32.0 Å². The quantitative estimate of drug-likeness (QED) is 0.541. The first-order valence-corrected chi connectivity index (χ1v) is 9.62. The summed E-state index contributed by atoms with van der Waals surface area (Å²) >= 11 is 0. The molecule has 1 aliphatic heterocycles. The fourth-order valence-electron chi connectivity index (χ4n) is 3.81. The first-order chi connectivity index (χ1) is 13.5. The van der Waals surface area contributed by atoms with Gasteiger partial charge in [0.15, 0.2) is 5.96 Å². The molecule has 1 atom stereocenters. The monoisotopic (exact) mass is 377 g/mol. The lowest BCUT2D eigenvalue weighted by atomic mass is 9.90. The molecule has 1 aliphatic rings. The van der Waals surface area contributed by atoms with Gasteiger partial charge in [0, 0.05) is 26.1 Å². The van der Waals surface area contributed by atoms with Crippen LogP contribution >= 0.6 is 0 Å². The molecule has 6 nitrogen and oxygen atoms in total. The van der Waals surface area contributed by atoms with Gasteiger partial charge in [0.2, 0.25) is 0 Å². The largest absolute Gasteiger partial charge is 0.487 e. The molecule has 2 N–H and O–H groups in total. The fourth-order valence-corrected chi connectivity index (χ4v) is 3.81. The number of aliphatic imine (C=N–C) groups is 1. The maximum Gasteiger partial charge on any atom is 0.191 e. The minimum absolute atomic E-state index is 0.131. The second-order valence-electron chi connectivity index (χ2n) is 7.80.